The molecule has 1 fully saturated rings. The number of rotatable bonds is 9. The van der Waals surface area contributed by atoms with Crippen LogP contribution in [0.2, 0.25) is 0 Å². The molecule has 4 nitrogen and oxygen atoms in total. The van der Waals surface area contributed by atoms with Gasteiger partial charge >= 0.3 is 5.97 Å². The minimum absolute atomic E-state index is 0.0610. The molecule has 1 saturated carbocycles. The fourth-order valence-corrected chi connectivity index (χ4v) is 3.07. The maximum absolute atomic E-state index is 11.7. The summed E-state index contributed by atoms with van der Waals surface area (Å²) in [6, 6.07) is 0. The van der Waals surface area contributed by atoms with Gasteiger partial charge in [-0.1, -0.05) is 37.5 Å². The van der Waals surface area contributed by atoms with Crippen LogP contribution in [0.5, 0.6) is 0 Å². The van der Waals surface area contributed by atoms with Crippen molar-refractivity contribution in [2.24, 2.45) is 5.92 Å². The van der Waals surface area contributed by atoms with Crippen molar-refractivity contribution < 1.29 is 19.8 Å². The molecule has 1 aliphatic rings. The predicted molar refractivity (Wildman–Crippen MR) is 89.9 cm³/mol. The van der Waals surface area contributed by atoms with Gasteiger partial charge in [-0.2, -0.15) is 0 Å². The van der Waals surface area contributed by atoms with E-state index in [0.29, 0.717) is 12.8 Å². The Kier molecular flexibility index (Phi) is 8.94. The van der Waals surface area contributed by atoms with Crippen molar-refractivity contribution in [1.29, 1.82) is 0 Å². The number of aliphatic hydroxyl groups is 1. The van der Waals surface area contributed by atoms with Crippen LogP contribution in [-0.2, 0) is 9.59 Å². The Morgan fingerprint density at radius 2 is 1.74 bits per heavy atom. The third-order valence-corrected chi connectivity index (χ3v) is 4.62. The molecular formula is C19H30O4. The largest absolute Gasteiger partial charge is 0.481 e. The van der Waals surface area contributed by atoms with Crippen LogP contribution >= 0.6 is 0 Å². The second kappa shape index (κ2) is 10.4. The van der Waals surface area contributed by atoms with Crippen LogP contribution in [0, 0.1) is 17.8 Å². The zero-order chi connectivity index (χ0) is 17.1. The summed E-state index contributed by atoms with van der Waals surface area (Å²) in [4.78, 5) is 22.1. The zero-order valence-electron chi connectivity index (χ0n) is 14.3. The number of hydrogen-bond acceptors (Lipinski definition) is 3. The van der Waals surface area contributed by atoms with E-state index >= 15 is 0 Å². The number of aliphatic carboxylic acids is 1. The van der Waals surface area contributed by atoms with Gasteiger partial charge in [-0.3, -0.25) is 9.59 Å². The number of unbranched alkanes of at least 4 members (excludes halogenated alkanes) is 3. The normalized spacial score (nSPS) is 17.8. The maximum atomic E-state index is 11.7. The molecule has 0 aromatic rings. The zero-order valence-corrected chi connectivity index (χ0v) is 14.3. The quantitative estimate of drug-likeness (QED) is 0.501. The Morgan fingerprint density at radius 3 is 2.35 bits per heavy atom. The minimum Gasteiger partial charge on any atom is -0.481 e. The van der Waals surface area contributed by atoms with E-state index in [1.54, 1.807) is 6.92 Å². The summed E-state index contributed by atoms with van der Waals surface area (Å²) < 4.78 is 0. The van der Waals surface area contributed by atoms with Gasteiger partial charge in [0.1, 0.15) is 11.4 Å². The van der Waals surface area contributed by atoms with Crippen LogP contribution in [0.1, 0.15) is 84.0 Å². The molecule has 0 saturated heterocycles. The first-order valence-electron chi connectivity index (χ1n) is 8.87. The number of carbonyl (C=O) groups is 2. The highest BCUT2D eigenvalue weighted by Gasteiger charge is 2.26. The van der Waals surface area contributed by atoms with Crippen molar-refractivity contribution in [3.63, 3.8) is 0 Å². The fourth-order valence-electron chi connectivity index (χ4n) is 3.07. The van der Waals surface area contributed by atoms with E-state index in [4.69, 9.17) is 5.11 Å². The molecule has 0 aromatic heterocycles. The maximum Gasteiger partial charge on any atom is 0.303 e. The lowest BCUT2D eigenvalue weighted by atomic mass is 9.85. The minimum atomic E-state index is -0.837. The van der Waals surface area contributed by atoms with Gasteiger partial charge in [0.05, 0.1) is 0 Å². The predicted octanol–water partition coefficient (Wildman–Crippen LogP) is 3.71. The SMILES string of the molecule is CC(=O)[C@@H](CC#CC1(O)CCCCC1)CCCCCCC(=O)O. The van der Waals surface area contributed by atoms with Gasteiger partial charge in [0.15, 0.2) is 0 Å². The third kappa shape index (κ3) is 8.76. The molecule has 1 atom stereocenters. The summed E-state index contributed by atoms with van der Waals surface area (Å²) in [6.07, 6.45) is 9.72. The van der Waals surface area contributed by atoms with Gasteiger partial charge in [-0.15, -0.1) is 0 Å². The molecule has 0 radical (unpaired) electrons. The Balaban J connectivity index is 2.29. The van der Waals surface area contributed by atoms with Crippen molar-refractivity contribution >= 4 is 11.8 Å². The van der Waals surface area contributed by atoms with Gasteiger partial charge in [-0.05, 0) is 45.4 Å². The van der Waals surface area contributed by atoms with Crippen molar-refractivity contribution in [3.05, 3.63) is 0 Å². The Morgan fingerprint density at radius 1 is 1.09 bits per heavy atom. The monoisotopic (exact) mass is 322 g/mol. The summed E-state index contributed by atoms with van der Waals surface area (Å²) in [5.74, 6) is 5.38. The molecule has 0 heterocycles. The third-order valence-electron chi connectivity index (χ3n) is 4.62. The molecule has 0 aromatic carbocycles. The van der Waals surface area contributed by atoms with Gasteiger partial charge in [0.25, 0.3) is 0 Å². The highest BCUT2D eigenvalue weighted by atomic mass is 16.4. The molecule has 0 unspecified atom stereocenters. The van der Waals surface area contributed by atoms with Crippen LogP contribution in [0.15, 0.2) is 0 Å². The molecule has 0 spiro atoms. The molecule has 130 valence electrons. The van der Waals surface area contributed by atoms with Gasteiger partial charge in [-0.25, -0.2) is 0 Å². The number of carboxylic acid groups (broad SMARTS) is 1. The van der Waals surface area contributed by atoms with Crippen molar-refractivity contribution in [2.75, 3.05) is 0 Å². The standard InChI is InChI=1S/C19H30O4/c1-16(20)17(10-5-2-3-6-12-18(21)22)11-9-15-19(23)13-7-4-8-14-19/h17,23H,2-8,10-14H2,1H3,(H,21,22)/t17-/m1/s1. The molecule has 0 bridgehead atoms. The molecule has 1 aliphatic carbocycles. The number of Topliss-reactive ketones (excluding diaryl/α,β-unsaturated/α-hetero) is 1. The lowest BCUT2D eigenvalue weighted by Gasteiger charge is -2.26. The van der Waals surface area contributed by atoms with E-state index in [2.05, 4.69) is 11.8 Å². The molecule has 0 amide bonds. The van der Waals surface area contributed by atoms with E-state index in [9.17, 15) is 14.7 Å². The summed E-state index contributed by atoms with van der Waals surface area (Å²) in [5, 5.41) is 18.9. The number of carbonyl (C=O) groups excluding carboxylic acids is 1. The van der Waals surface area contributed by atoms with Crippen LogP contribution in [0.3, 0.4) is 0 Å². The highest BCUT2D eigenvalue weighted by Crippen LogP contribution is 2.27. The van der Waals surface area contributed by atoms with Crippen LogP contribution in [0.4, 0.5) is 0 Å². The topological polar surface area (TPSA) is 74.6 Å². The first kappa shape index (κ1) is 19.7. The molecule has 0 aliphatic heterocycles. The summed E-state index contributed by atoms with van der Waals surface area (Å²) >= 11 is 0. The van der Waals surface area contributed by atoms with E-state index in [0.717, 1.165) is 51.4 Å². The molecule has 2 N–H and O–H groups in total. The Bertz CT molecular complexity index is 438. The van der Waals surface area contributed by atoms with Crippen molar-refractivity contribution in [2.45, 2.75) is 89.6 Å². The summed E-state index contributed by atoms with van der Waals surface area (Å²) in [7, 11) is 0. The average molecular weight is 322 g/mol. The van der Waals surface area contributed by atoms with Gasteiger partial charge in [0.2, 0.25) is 0 Å². The second-order valence-corrected chi connectivity index (χ2v) is 6.75. The molecule has 23 heavy (non-hydrogen) atoms. The van der Waals surface area contributed by atoms with E-state index in [1.165, 1.54) is 6.42 Å². The fraction of sp³-hybridized carbons (Fsp3) is 0.789. The number of carboxylic acids is 1. The van der Waals surface area contributed by atoms with Gasteiger partial charge in [0, 0.05) is 18.8 Å². The number of ketones is 1. The van der Waals surface area contributed by atoms with Gasteiger partial charge < -0.3 is 10.2 Å². The van der Waals surface area contributed by atoms with Crippen LogP contribution in [0.25, 0.3) is 0 Å². The van der Waals surface area contributed by atoms with E-state index < -0.39 is 11.6 Å². The van der Waals surface area contributed by atoms with Crippen molar-refractivity contribution in [1.82, 2.24) is 0 Å². The number of hydrogen-bond donors (Lipinski definition) is 2. The lowest BCUT2D eigenvalue weighted by molar-refractivity contribution is -0.137. The van der Waals surface area contributed by atoms with E-state index in [1.807, 2.05) is 0 Å². The highest BCUT2D eigenvalue weighted by molar-refractivity contribution is 5.78. The molecule has 1 rings (SSSR count). The smallest absolute Gasteiger partial charge is 0.303 e. The Labute approximate surface area is 139 Å². The summed E-state index contributed by atoms with van der Waals surface area (Å²) in [6.45, 7) is 1.60. The summed E-state index contributed by atoms with van der Waals surface area (Å²) in [5.41, 5.74) is -0.837. The lowest BCUT2D eigenvalue weighted by Crippen LogP contribution is -2.29. The van der Waals surface area contributed by atoms with Crippen LogP contribution in [-0.4, -0.2) is 27.6 Å². The van der Waals surface area contributed by atoms with Crippen LogP contribution < -0.4 is 0 Å². The second-order valence-electron chi connectivity index (χ2n) is 6.75. The molecular weight excluding hydrogens is 292 g/mol. The average Bonchev–Trinajstić information content (AvgIpc) is 2.49. The Hall–Kier alpha value is -1.34. The first-order valence-corrected chi connectivity index (χ1v) is 8.87. The van der Waals surface area contributed by atoms with Crippen molar-refractivity contribution in [3.8, 4) is 11.8 Å². The van der Waals surface area contributed by atoms with E-state index in [-0.39, 0.29) is 18.1 Å². The molecule has 4 heteroatoms. The first-order chi connectivity index (χ1) is 10.9.